The number of furan rings is 1. The maximum atomic E-state index is 12.9. The smallest absolute Gasteiger partial charge is 0.416 e. The number of alkyl halides is 3. The molecule has 0 bridgehead atoms. The summed E-state index contributed by atoms with van der Waals surface area (Å²) in [6, 6.07) is 7.79. The number of carbonyl (C=O) groups excluding carboxylic acids is 2. The maximum Gasteiger partial charge on any atom is 0.416 e. The molecule has 2 amide bonds. The third-order valence-electron chi connectivity index (χ3n) is 5.02. The normalized spacial score (nSPS) is 15.7. The molecule has 0 atom stereocenters. The van der Waals surface area contributed by atoms with E-state index < -0.39 is 11.7 Å². The quantitative estimate of drug-likeness (QED) is 0.758. The minimum Gasteiger partial charge on any atom is -0.451 e. The van der Waals surface area contributed by atoms with E-state index in [2.05, 4.69) is 0 Å². The molecule has 2 aromatic rings. The van der Waals surface area contributed by atoms with E-state index in [9.17, 15) is 22.8 Å². The summed E-state index contributed by atoms with van der Waals surface area (Å²) in [7, 11) is 3.41. The summed E-state index contributed by atoms with van der Waals surface area (Å²) in [5, 5.41) is 0. The molecule has 2 heterocycles. The summed E-state index contributed by atoms with van der Waals surface area (Å²) in [4.78, 5) is 29.9. The number of hydrogen-bond donors (Lipinski definition) is 0. The fourth-order valence-corrected chi connectivity index (χ4v) is 3.28. The number of carbonyl (C=O) groups is 2. The number of nitrogens with zero attached hydrogens (tertiary/aromatic N) is 3. The Kier molecular flexibility index (Phi) is 6.50. The summed E-state index contributed by atoms with van der Waals surface area (Å²) in [5.74, 6) is -0.0155. The van der Waals surface area contributed by atoms with Gasteiger partial charge < -0.3 is 14.2 Å². The van der Waals surface area contributed by atoms with Crippen LogP contribution in [0.4, 0.5) is 13.2 Å². The van der Waals surface area contributed by atoms with Crippen molar-refractivity contribution < 1.29 is 27.2 Å². The molecule has 30 heavy (non-hydrogen) atoms. The molecule has 0 aliphatic carbocycles. The summed E-state index contributed by atoms with van der Waals surface area (Å²) >= 11 is 0. The van der Waals surface area contributed by atoms with Gasteiger partial charge in [0.25, 0.3) is 5.91 Å². The minimum atomic E-state index is -4.45. The molecule has 0 unspecified atom stereocenters. The Balaban J connectivity index is 1.67. The van der Waals surface area contributed by atoms with Gasteiger partial charge in [0.05, 0.1) is 12.1 Å². The zero-order valence-corrected chi connectivity index (χ0v) is 16.9. The lowest BCUT2D eigenvalue weighted by Gasteiger charge is -2.22. The Hall–Kier alpha value is -2.81. The molecular weight excluding hydrogens is 399 g/mol. The summed E-state index contributed by atoms with van der Waals surface area (Å²) in [6.07, 6.45) is -3.74. The summed E-state index contributed by atoms with van der Waals surface area (Å²) in [6.45, 7) is 2.53. The Morgan fingerprint density at radius 2 is 1.83 bits per heavy atom. The van der Waals surface area contributed by atoms with Crippen molar-refractivity contribution in [2.45, 2.75) is 12.6 Å². The lowest BCUT2D eigenvalue weighted by atomic mass is 10.1. The highest BCUT2D eigenvalue weighted by Gasteiger charge is 2.31. The number of hydrogen-bond acceptors (Lipinski definition) is 4. The fraction of sp³-hybridized carbons (Fsp3) is 0.429. The van der Waals surface area contributed by atoms with Crippen LogP contribution < -0.4 is 0 Å². The molecule has 0 radical (unpaired) electrons. The minimum absolute atomic E-state index is 0.00606. The van der Waals surface area contributed by atoms with E-state index in [4.69, 9.17) is 4.42 Å². The van der Waals surface area contributed by atoms with Crippen molar-refractivity contribution >= 4 is 11.8 Å². The molecule has 9 heteroatoms. The molecule has 1 aliphatic rings. The van der Waals surface area contributed by atoms with Crippen molar-refractivity contribution in [1.29, 1.82) is 0 Å². The van der Waals surface area contributed by atoms with Gasteiger partial charge in [-0.05, 0) is 30.7 Å². The van der Waals surface area contributed by atoms with Gasteiger partial charge >= 0.3 is 6.18 Å². The molecule has 0 N–H and O–H groups in total. The van der Waals surface area contributed by atoms with Gasteiger partial charge in [0.2, 0.25) is 5.91 Å². The molecule has 0 spiro atoms. The molecule has 1 aromatic heterocycles. The SMILES string of the molecule is CN(C)C(=O)CN1CCCN(C(=O)c2ccc(-c3cccc(C(F)(F)F)c3)o2)CC1. The van der Waals surface area contributed by atoms with Crippen LogP contribution >= 0.6 is 0 Å². The second-order valence-corrected chi connectivity index (χ2v) is 7.45. The van der Waals surface area contributed by atoms with Crippen molar-refractivity contribution in [3.05, 3.63) is 47.7 Å². The molecular formula is C21H24F3N3O3. The topological polar surface area (TPSA) is 57.0 Å². The highest BCUT2D eigenvalue weighted by Crippen LogP contribution is 2.32. The zero-order chi connectivity index (χ0) is 21.9. The van der Waals surface area contributed by atoms with E-state index in [1.165, 1.54) is 29.2 Å². The monoisotopic (exact) mass is 423 g/mol. The Morgan fingerprint density at radius 1 is 1.07 bits per heavy atom. The van der Waals surface area contributed by atoms with E-state index in [1.54, 1.807) is 19.0 Å². The number of amides is 2. The lowest BCUT2D eigenvalue weighted by molar-refractivity contribution is -0.137. The van der Waals surface area contributed by atoms with Crippen LogP contribution in [-0.2, 0) is 11.0 Å². The van der Waals surface area contributed by atoms with Crippen molar-refractivity contribution in [2.75, 3.05) is 46.8 Å². The molecule has 6 nitrogen and oxygen atoms in total. The van der Waals surface area contributed by atoms with Crippen LogP contribution in [0.1, 0.15) is 22.5 Å². The lowest BCUT2D eigenvalue weighted by Crippen LogP contribution is -2.39. The number of halogens is 3. The third kappa shape index (κ3) is 5.21. The van der Waals surface area contributed by atoms with Crippen LogP contribution in [0.15, 0.2) is 40.8 Å². The first kappa shape index (κ1) is 21.9. The van der Waals surface area contributed by atoms with Crippen molar-refractivity contribution in [2.24, 2.45) is 0 Å². The maximum absolute atomic E-state index is 12.9. The highest BCUT2D eigenvalue weighted by atomic mass is 19.4. The van der Waals surface area contributed by atoms with Gasteiger partial charge in [-0.3, -0.25) is 14.5 Å². The van der Waals surface area contributed by atoms with Crippen molar-refractivity contribution in [3.8, 4) is 11.3 Å². The van der Waals surface area contributed by atoms with Crippen molar-refractivity contribution in [1.82, 2.24) is 14.7 Å². The van der Waals surface area contributed by atoms with Crippen LogP contribution in [0.3, 0.4) is 0 Å². The van der Waals surface area contributed by atoms with Gasteiger partial charge in [-0.15, -0.1) is 0 Å². The van der Waals surface area contributed by atoms with E-state index in [-0.39, 0.29) is 28.9 Å². The standard InChI is InChI=1S/C21H24F3N3O3/c1-25(2)19(28)14-26-9-4-10-27(12-11-26)20(29)18-8-7-17(30-18)15-5-3-6-16(13-15)21(22,23)24/h3,5-8,13H,4,9-12,14H2,1-2H3. The van der Waals surface area contributed by atoms with Gasteiger partial charge in [-0.2, -0.15) is 13.2 Å². The van der Waals surface area contributed by atoms with Crippen LogP contribution in [-0.4, -0.2) is 73.3 Å². The Bertz CT molecular complexity index is 908. The largest absolute Gasteiger partial charge is 0.451 e. The van der Waals surface area contributed by atoms with E-state index >= 15 is 0 Å². The van der Waals surface area contributed by atoms with Gasteiger partial charge in [0, 0.05) is 45.8 Å². The van der Waals surface area contributed by atoms with Crippen LogP contribution in [0.5, 0.6) is 0 Å². The predicted octanol–water partition coefficient (Wildman–Crippen LogP) is 3.20. The first-order valence-electron chi connectivity index (χ1n) is 9.64. The molecule has 1 saturated heterocycles. The number of benzene rings is 1. The third-order valence-corrected chi connectivity index (χ3v) is 5.02. The summed E-state index contributed by atoms with van der Waals surface area (Å²) in [5.41, 5.74) is -0.516. The average Bonchev–Trinajstić information content (AvgIpc) is 3.08. The number of rotatable bonds is 4. The molecule has 1 aromatic carbocycles. The second-order valence-electron chi connectivity index (χ2n) is 7.45. The molecule has 162 valence electrons. The predicted molar refractivity (Wildman–Crippen MR) is 105 cm³/mol. The van der Waals surface area contributed by atoms with Gasteiger partial charge in [-0.1, -0.05) is 12.1 Å². The van der Waals surface area contributed by atoms with E-state index in [0.717, 1.165) is 12.1 Å². The van der Waals surface area contributed by atoms with Crippen molar-refractivity contribution in [3.63, 3.8) is 0 Å². The average molecular weight is 423 g/mol. The van der Waals surface area contributed by atoms with Gasteiger partial charge in [0.15, 0.2) is 5.76 Å². The molecule has 3 rings (SSSR count). The van der Waals surface area contributed by atoms with Crippen LogP contribution in [0.2, 0.25) is 0 Å². The number of likely N-dealkylation sites (N-methyl/N-ethyl adjacent to an activating group) is 1. The van der Waals surface area contributed by atoms with Crippen LogP contribution in [0.25, 0.3) is 11.3 Å². The summed E-state index contributed by atoms with van der Waals surface area (Å²) < 4.78 is 44.4. The van der Waals surface area contributed by atoms with E-state index in [0.29, 0.717) is 39.1 Å². The Labute approximate surface area is 172 Å². The van der Waals surface area contributed by atoms with Gasteiger partial charge in [-0.25, -0.2) is 0 Å². The molecule has 1 fully saturated rings. The fourth-order valence-electron chi connectivity index (χ4n) is 3.28. The first-order chi connectivity index (χ1) is 14.1. The van der Waals surface area contributed by atoms with E-state index in [1.807, 2.05) is 4.90 Å². The highest BCUT2D eigenvalue weighted by molar-refractivity contribution is 5.92. The first-order valence-corrected chi connectivity index (χ1v) is 9.64. The molecule has 0 saturated carbocycles. The second kappa shape index (κ2) is 8.91. The van der Waals surface area contributed by atoms with Crippen LogP contribution in [0, 0.1) is 0 Å². The van der Waals surface area contributed by atoms with Gasteiger partial charge in [0.1, 0.15) is 5.76 Å². The molecule has 1 aliphatic heterocycles. The zero-order valence-electron chi connectivity index (χ0n) is 16.9. The Morgan fingerprint density at radius 3 is 2.53 bits per heavy atom.